The van der Waals surface area contributed by atoms with Crippen molar-refractivity contribution in [1.29, 1.82) is 0 Å². The summed E-state index contributed by atoms with van der Waals surface area (Å²) in [5.41, 5.74) is -0.166. The van der Waals surface area contributed by atoms with Crippen molar-refractivity contribution in [3.63, 3.8) is 0 Å². The number of halogens is 4. The maximum atomic E-state index is 15.3. The number of fused-ring (bicyclic) bond motifs is 1. The third kappa shape index (κ3) is 5.73. The molecule has 0 unspecified atom stereocenters. The summed E-state index contributed by atoms with van der Waals surface area (Å²) >= 11 is 0. The molecule has 37 heavy (non-hydrogen) atoms. The molecular weight excluding hydrogens is 530 g/mol. The zero-order chi connectivity index (χ0) is 26.1. The molecule has 2 aromatic heterocycles. The Hall–Kier alpha value is -2.75. The molecule has 3 aromatic rings. The number of benzene rings is 1. The van der Waals surface area contributed by atoms with Crippen LogP contribution in [0.5, 0.6) is 0 Å². The van der Waals surface area contributed by atoms with Gasteiger partial charge in [0.05, 0.1) is 29.9 Å². The van der Waals surface area contributed by atoms with E-state index < -0.39 is 36.5 Å². The van der Waals surface area contributed by atoms with Gasteiger partial charge in [-0.15, -0.1) is 12.4 Å². The molecule has 2 N–H and O–H groups in total. The lowest BCUT2D eigenvalue weighted by atomic mass is 10.00. The van der Waals surface area contributed by atoms with Gasteiger partial charge < -0.3 is 19.9 Å². The molecule has 13 heteroatoms. The summed E-state index contributed by atoms with van der Waals surface area (Å²) in [5, 5.41) is 6.81. The Morgan fingerprint density at radius 3 is 2.65 bits per heavy atom. The summed E-state index contributed by atoms with van der Waals surface area (Å²) in [6, 6.07) is 4.35. The van der Waals surface area contributed by atoms with E-state index in [4.69, 9.17) is 0 Å². The van der Waals surface area contributed by atoms with E-state index in [1.54, 1.807) is 19.9 Å². The number of nitrogens with zero attached hydrogens (tertiary/aromatic N) is 3. The minimum absolute atomic E-state index is 0. The van der Waals surface area contributed by atoms with Gasteiger partial charge in [0.25, 0.3) is 0 Å². The first kappa shape index (κ1) is 28.8. The van der Waals surface area contributed by atoms with E-state index >= 15 is 4.39 Å². The van der Waals surface area contributed by atoms with Gasteiger partial charge in [-0.25, -0.2) is 19.2 Å². The van der Waals surface area contributed by atoms with Gasteiger partial charge in [0, 0.05) is 36.4 Å². The molecular formula is C24H28ClF3N5O3P. The molecule has 200 valence electrons. The van der Waals surface area contributed by atoms with Crippen molar-refractivity contribution in [2.24, 2.45) is 0 Å². The monoisotopic (exact) mass is 557 g/mol. The van der Waals surface area contributed by atoms with Gasteiger partial charge >= 0.3 is 11.9 Å². The number of alkyl halides is 2. The summed E-state index contributed by atoms with van der Waals surface area (Å²) in [7, 11) is -2.69. The number of hydrogen-bond acceptors (Lipinski definition) is 8. The van der Waals surface area contributed by atoms with E-state index in [-0.39, 0.29) is 24.6 Å². The topological polar surface area (TPSA) is 106 Å². The Morgan fingerprint density at radius 2 is 1.97 bits per heavy atom. The predicted octanol–water partition coefficient (Wildman–Crippen LogP) is 4.31. The molecule has 0 bridgehead atoms. The van der Waals surface area contributed by atoms with E-state index in [2.05, 4.69) is 30.3 Å². The fourth-order valence-corrected chi connectivity index (χ4v) is 6.55. The molecule has 1 aliphatic heterocycles. The molecule has 0 spiro atoms. The Morgan fingerprint density at radius 1 is 1.27 bits per heavy atom. The van der Waals surface area contributed by atoms with Crippen LogP contribution in [0.15, 0.2) is 30.5 Å². The average Bonchev–Trinajstić information content (AvgIpc) is 2.84. The highest BCUT2D eigenvalue weighted by Crippen LogP contribution is 2.44. The summed E-state index contributed by atoms with van der Waals surface area (Å²) < 4.78 is 62.3. The second kappa shape index (κ2) is 11.3. The molecule has 0 saturated carbocycles. The normalized spacial score (nSPS) is 16.1. The van der Waals surface area contributed by atoms with Gasteiger partial charge in [-0.05, 0) is 32.9 Å². The van der Waals surface area contributed by atoms with Gasteiger partial charge in [0.1, 0.15) is 30.0 Å². The van der Waals surface area contributed by atoms with Crippen LogP contribution in [0.2, 0.25) is 0 Å². The highest BCUT2D eigenvalue weighted by Gasteiger charge is 2.45. The molecule has 1 atom stereocenters. The van der Waals surface area contributed by atoms with Crippen LogP contribution >= 0.6 is 19.5 Å². The van der Waals surface area contributed by atoms with Crippen LogP contribution in [-0.4, -0.2) is 52.9 Å². The van der Waals surface area contributed by atoms with Crippen LogP contribution in [0, 0.1) is 12.7 Å². The van der Waals surface area contributed by atoms with E-state index in [0.717, 1.165) is 6.07 Å². The number of aryl methyl sites for hydroxylation is 1. The minimum Gasteiger partial charge on any atom is -0.461 e. The Labute approximate surface area is 218 Å². The van der Waals surface area contributed by atoms with Gasteiger partial charge in [0.15, 0.2) is 0 Å². The number of pyridine rings is 1. The second-order valence-corrected chi connectivity index (χ2v) is 11.8. The number of carbonyl (C=O) groups is 1. The van der Waals surface area contributed by atoms with Crippen molar-refractivity contribution in [1.82, 2.24) is 20.3 Å². The Bertz CT molecular complexity index is 1350. The number of aromatic nitrogens is 3. The van der Waals surface area contributed by atoms with E-state index in [9.17, 15) is 18.1 Å². The molecule has 1 aromatic carbocycles. The summed E-state index contributed by atoms with van der Waals surface area (Å²) in [4.78, 5) is 25.0. The standard InChI is InChI=1S/C24H27F3N5O3P.ClH/c1-4-35-23(33)24(26,27)18-7-5-6-16(21(18)25)14(2)30-22-17-12-20(36(34)10-8-28-9-11-36)29-13-19(17)31-15(3)32-22;/h5-7,12-14,28H,4,8-11H2,1-3H3,(H,30,31,32);1H/t14-;/m1./s1. The van der Waals surface area contributed by atoms with E-state index in [0.29, 0.717) is 53.4 Å². The van der Waals surface area contributed by atoms with Gasteiger partial charge in [0.2, 0.25) is 0 Å². The lowest BCUT2D eigenvalue weighted by molar-refractivity contribution is -0.173. The third-order valence-electron chi connectivity index (χ3n) is 6.11. The maximum absolute atomic E-state index is 15.3. The molecule has 0 radical (unpaired) electrons. The van der Waals surface area contributed by atoms with Gasteiger partial charge in [-0.1, -0.05) is 12.1 Å². The lowest BCUT2D eigenvalue weighted by Crippen LogP contribution is -2.33. The molecule has 8 nitrogen and oxygen atoms in total. The van der Waals surface area contributed by atoms with Crippen molar-refractivity contribution in [3.05, 3.63) is 53.2 Å². The molecule has 1 aliphatic rings. The molecule has 0 aliphatic carbocycles. The minimum atomic E-state index is -4.14. The largest absolute Gasteiger partial charge is 0.461 e. The SMILES string of the molecule is CCOC(=O)C(F)(F)c1cccc([C@@H](C)Nc2nc(C)nc3cnc(P4(=O)CCNCC4)cc23)c1F.Cl. The van der Waals surface area contributed by atoms with Crippen LogP contribution in [0.4, 0.5) is 19.0 Å². The number of esters is 1. The molecule has 0 amide bonds. The third-order valence-corrected chi connectivity index (χ3v) is 9.09. The fourth-order valence-electron chi connectivity index (χ4n) is 4.20. The first-order valence-electron chi connectivity index (χ1n) is 11.6. The number of nitrogens with one attached hydrogen (secondary N) is 2. The number of carbonyl (C=O) groups excluding carboxylic acids is 1. The molecule has 1 fully saturated rings. The van der Waals surface area contributed by atoms with Crippen molar-refractivity contribution >= 4 is 47.7 Å². The molecule has 4 rings (SSSR count). The molecule has 1 saturated heterocycles. The van der Waals surface area contributed by atoms with Crippen molar-refractivity contribution in [3.8, 4) is 0 Å². The number of rotatable bonds is 7. The highest BCUT2D eigenvalue weighted by atomic mass is 35.5. The van der Waals surface area contributed by atoms with E-state index in [1.807, 2.05) is 0 Å². The number of hydrogen-bond donors (Lipinski definition) is 2. The number of anilines is 1. The summed E-state index contributed by atoms with van der Waals surface area (Å²) in [6.45, 7) is 5.67. The maximum Gasteiger partial charge on any atom is 0.382 e. The summed E-state index contributed by atoms with van der Waals surface area (Å²) in [5.74, 6) is -6.42. The Kier molecular flexibility index (Phi) is 8.82. The van der Waals surface area contributed by atoms with Gasteiger partial charge in [-0.2, -0.15) is 8.78 Å². The quantitative estimate of drug-likeness (QED) is 0.327. The highest BCUT2D eigenvalue weighted by molar-refractivity contribution is 7.71. The molecule has 3 heterocycles. The lowest BCUT2D eigenvalue weighted by Gasteiger charge is -2.24. The first-order chi connectivity index (χ1) is 17.1. The fraction of sp³-hybridized carbons (Fsp3) is 0.417. The van der Waals surface area contributed by atoms with E-state index in [1.165, 1.54) is 25.3 Å². The van der Waals surface area contributed by atoms with Crippen LogP contribution < -0.4 is 16.1 Å². The van der Waals surface area contributed by atoms with Crippen LogP contribution in [0.25, 0.3) is 10.9 Å². The van der Waals surface area contributed by atoms with Crippen LogP contribution in [0.3, 0.4) is 0 Å². The smallest absolute Gasteiger partial charge is 0.382 e. The van der Waals surface area contributed by atoms with Crippen molar-refractivity contribution in [2.75, 3.05) is 37.3 Å². The van der Waals surface area contributed by atoms with Crippen LogP contribution in [-0.2, 0) is 20.0 Å². The van der Waals surface area contributed by atoms with Crippen molar-refractivity contribution in [2.45, 2.75) is 32.7 Å². The predicted molar refractivity (Wildman–Crippen MR) is 138 cm³/mol. The summed E-state index contributed by atoms with van der Waals surface area (Å²) in [6.07, 6.45) is 2.52. The van der Waals surface area contributed by atoms with Crippen LogP contribution in [0.1, 0.15) is 36.8 Å². The van der Waals surface area contributed by atoms with Crippen molar-refractivity contribution < 1.29 is 27.3 Å². The van der Waals surface area contributed by atoms with Gasteiger partial charge in [-0.3, -0.25) is 4.98 Å². The zero-order valence-electron chi connectivity index (χ0n) is 20.6. The average molecular weight is 558 g/mol. The zero-order valence-corrected chi connectivity index (χ0v) is 22.3. The first-order valence-corrected chi connectivity index (χ1v) is 13.7. The second-order valence-electron chi connectivity index (χ2n) is 8.64. The Balaban J connectivity index is 0.00000380. The number of ether oxygens (including phenoxy) is 1.